The van der Waals surface area contributed by atoms with Crippen LogP contribution in [0.5, 0.6) is 0 Å². The summed E-state index contributed by atoms with van der Waals surface area (Å²) in [6.07, 6.45) is 2.97. The highest BCUT2D eigenvalue weighted by Crippen LogP contribution is 2.53. The van der Waals surface area contributed by atoms with Crippen molar-refractivity contribution in [3.05, 3.63) is 95.9 Å². The zero-order valence-corrected chi connectivity index (χ0v) is 15.1. The second kappa shape index (κ2) is 6.03. The van der Waals surface area contributed by atoms with Gasteiger partial charge >= 0.3 is 0 Å². The second-order valence-electron chi connectivity index (χ2n) is 7.19. The molecule has 134 valence electrons. The molecule has 0 amide bonds. The summed E-state index contributed by atoms with van der Waals surface area (Å²) in [5.74, 6) is -0.242. The minimum atomic E-state index is -0.242. The predicted octanol–water partition coefficient (Wildman–Crippen LogP) is 4.44. The largest absolute Gasteiger partial charge is 0.316 e. The number of aromatic nitrogens is 2. The molecule has 0 radical (unpaired) electrons. The summed E-state index contributed by atoms with van der Waals surface area (Å²) >= 11 is 0. The van der Waals surface area contributed by atoms with E-state index in [9.17, 15) is 4.39 Å². The molecule has 1 saturated carbocycles. The number of fused-ring (bicyclic) bond motifs is 1. The molecule has 0 saturated heterocycles. The van der Waals surface area contributed by atoms with Crippen molar-refractivity contribution in [3.63, 3.8) is 0 Å². The molecule has 0 aliphatic heterocycles. The smallest absolute Gasteiger partial charge is 0.123 e. The molecular formula is C23H20FN3. The molecule has 1 aliphatic rings. The summed E-state index contributed by atoms with van der Waals surface area (Å²) in [7, 11) is 2.03. The first-order chi connectivity index (χ1) is 13.2. The summed E-state index contributed by atoms with van der Waals surface area (Å²) < 4.78 is 15.1. The van der Waals surface area contributed by atoms with E-state index in [-0.39, 0.29) is 11.2 Å². The molecule has 4 heteroatoms. The van der Waals surface area contributed by atoms with Crippen molar-refractivity contribution in [2.75, 3.05) is 7.05 Å². The van der Waals surface area contributed by atoms with Crippen LogP contribution in [0.2, 0.25) is 0 Å². The molecule has 1 fully saturated rings. The second-order valence-corrected chi connectivity index (χ2v) is 7.19. The molecule has 3 nitrogen and oxygen atoms in total. The lowest BCUT2D eigenvalue weighted by atomic mass is 9.86. The third kappa shape index (κ3) is 2.48. The standard InChI is InChI=1S/C23H20FN3/c1-25-22-14-23(22,17-5-3-2-4-6-17)18-7-12-21-16(13-18)15-26-27(21)20-10-8-19(24)9-11-20/h2-13,15,22,25H,14H2,1H3. The zero-order valence-electron chi connectivity index (χ0n) is 15.1. The number of halogens is 1. The minimum Gasteiger partial charge on any atom is -0.316 e. The third-order valence-electron chi connectivity index (χ3n) is 5.75. The van der Waals surface area contributed by atoms with Gasteiger partial charge in [0.2, 0.25) is 0 Å². The van der Waals surface area contributed by atoms with Crippen LogP contribution in [0, 0.1) is 5.82 Å². The average Bonchev–Trinajstić information content (AvgIpc) is 3.33. The van der Waals surface area contributed by atoms with Crippen molar-refractivity contribution >= 4 is 10.9 Å². The van der Waals surface area contributed by atoms with E-state index < -0.39 is 0 Å². The number of hydrogen-bond acceptors (Lipinski definition) is 2. The fourth-order valence-electron chi connectivity index (χ4n) is 4.25. The molecule has 3 aromatic carbocycles. The Morgan fingerprint density at radius 3 is 2.48 bits per heavy atom. The van der Waals surface area contributed by atoms with Gasteiger partial charge in [0.05, 0.1) is 17.4 Å². The van der Waals surface area contributed by atoms with Gasteiger partial charge in [0.25, 0.3) is 0 Å². The Balaban J connectivity index is 1.60. The molecule has 4 aromatic rings. The summed E-state index contributed by atoms with van der Waals surface area (Å²) in [5.41, 5.74) is 4.54. The van der Waals surface area contributed by atoms with E-state index in [1.165, 1.54) is 23.3 Å². The molecular weight excluding hydrogens is 337 g/mol. The SMILES string of the molecule is CNC1CC1(c1ccccc1)c1ccc2c(cnn2-c2ccc(F)cc2)c1. The normalized spacial score (nSPS) is 21.5. The maximum atomic E-state index is 13.2. The van der Waals surface area contributed by atoms with Crippen LogP contribution in [0.25, 0.3) is 16.6 Å². The third-order valence-corrected chi connectivity index (χ3v) is 5.75. The highest BCUT2D eigenvalue weighted by Gasteiger charge is 2.55. The van der Waals surface area contributed by atoms with E-state index in [1.807, 2.05) is 17.9 Å². The molecule has 27 heavy (non-hydrogen) atoms. The van der Waals surface area contributed by atoms with E-state index >= 15 is 0 Å². The van der Waals surface area contributed by atoms with E-state index in [1.54, 1.807) is 12.1 Å². The van der Waals surface area contributed by atoms with Gasteiger partial charge < -0.3 is 5.32 Å². The zero-order chi connectivity index (χ0) is 18.4. The molecule has 0 bridgehead atoms. The predicted molar refractivity (Wildman–Crippen MR) is 106 cm³/mol. The number of nitrogens with zero attached hydrogens (tertiary/aromatic N) is 2. The Bertz CT molecular complexity index is 1100. The quantitative estimate of drug-likeness (QED) is 0.585. The summed E-state index contributed by atoms with van der Waals surface area (Å²) in [6, 6.07) is 24.1. The minimum absolute atomic E-state index is 0.0160. The fraction of sp³-hybridized carbons (Fsp3) is 0.174. The van der Waals surface area contributed by atoms with Gasteiger partial charge in [0.15, 0.2) is 0 Å². The van der Waals surface area contributed by atoms with Crippen molar-refractivity contribution in [2.45, 2.75) is 17.9 Å². The van der Waals surface area contributed by atoms with Gasteiger partial charge in [0, 0.05) is 16.8 Å². The monoisotopic (exact) mass is 357 g/mol. The van der Waals surface area contributed by atoms with Gasteiger partial charge in [-0.3, -0.25) is 0 Å². The topological polar surface area (TPSA) is 29.9 Å². The van der Waals surface area contributed by atoms with Crippen molar-refractivity contribution in [1.29, 1.82) is 0 Å². The summed E-state index contributed by atoms with van der Waals surface area (Å²) in [6.45, 7) is 0. The van der Waals surface area contributed by atoms with Crippen LogP contribution in [0.15, 0.2) is 79.0 Å². The molecule has 1 aliphatic carbocycles. The van der Waals surface area contributed by atoms with E-state index in [2.05, 4.69) is 58.9 Å². The van der Waals surface area contributed by atoms with Crippen LogP contribution in [-0.4, -0.2) is 22.9 Å². The summed E-state index contributed by atoms with van der Waals surface area (Å²) in [4.78, 5) is 0. The molecule has 1 N–H and O–H groups in total. The number of likely N-dealkylation sites (N-methyl/N-ethyl adjacent to an activating group) is 1. The van der Waals surface area contributed by atoms with E-state index in [0.717, 1.165) is 23.0 Å². The Morgan fingerprint density at radius 2 is 1.78 bits per heavy atom. The number of rotatable bonds is 4. The van der Waals surface area contributed by atoms with Crippen LogP contribution < -0.4 is 5.32 Å². The molecule has 5 rings (SSSR count). The van der Waals surface area contributed by atoms with E-state index in [0.29, 0.717) is 6.04 Å². The van der Waals surface area contributed by atoms with E-state index in [4.69, 9.17) is 0 Å². The lowest BCUT2D eigenvalue weighted by Crippen LogP contribution is -2.23. The van der Waals surface area contributed by atoms with Crippen molar-refractivity contribution in [3.8, 4) is 5.69 Å². The molecule has 1 heterocycles. The molecule has 1 aromatic heterocycles. The first-order valence-electron chi connectivity index (χ1n) is 9.19. The average molecular weight is 357 g/mol. The van der Waals surface area contributed by atoms with Crippen LogP contribution in [-0.2, 0) is 5.41 Å². The van der Waals surface area contributed by atoms with Crippen LogP contribution >= 0.6 is 0 Å². The number of benzene rings is 3. The van der Waals surface area contributed by atoms with Gasteiger partial charge in [-0.1, -0.05) is 36.4 Å². The fourth-order valence-corrected chi connectivity index (χ4v) is 4.25. The van der Waals surface area contributed by atoms with Gasteiger partial charge in [0.1, 0.15) is 5.82 Å². The Hall–Kier alpha value is -2.98. The Labute approximate surface area is 157 Å². The maximum absolute atomic E-state index is 13.2. The first-order valence-corrected chi connectivity index (χ1v) is 9.19. The molecule has 0 spiro atoms. The van der Waals surface area contributed by atoms with Crippen LogP contribution in [0.4, 0.5) is 4.39 Å². The maximum Gasteiger partial charge on any atom is 0.123 e. The highest BCUT2D eigenvalue weighted by atomic mass is 19.1. The molecule has 2 atom stereocenters. The Kier molecular flexibility index (Phi) is 3.62. The van der Waals surface area contributed by atoms with Crippen molar-refractivity contribution in [2.24, 2.45) is 0 Å². The highest BCUT2D eigenvalue weighted by molar-refractivity contribution is 5.82. The van der Waals surface area contributed by atoms with Crippen LogP contribution in [0.1, 0.15) is 17.5 Å². The van der Waals surface area contributed by atoms with Crippen LogP contribution in [0.3, 0.4) is 0 Å². The van der Waals surface area contributed by atoms with Crippen molar-refractivity contribution < 1.29 is 4.39 Å². The van der Waals surface area contributed by atoms with Gasteiger partial charge in [-0.05, 0) is 61.0 Å². The summed E-state index contributed by atoms with van der Waals surface area (Å²) in [5, 5.41) is 9.08. The van der Waals surface area contributed by atoms with Gasteiger partial charge in [-0.25, -0.2) is 9.07 Å². The molecule has 2 unspecified atom stereocenters. The first kappa shape index (κ1) is 16.2. The van der Waals surface area contributed by atoms with Crippen molar-refractivity contribution in [1.82, 2.24) is 15.1 Å². The van der Waals surface area contributed by atoms with Gasteiger partial charge in [-0.15, -0.1) is 0 Å². The number of hydrogen-bond donors (Lipinski definition) is 1. The number of nitrogens with one attached hydrogen (secondary N) is 1. The lowest BCUT2D eigenvalue weighted by Gasteiger charge is -2.19. The lowest BCUT2D eigenvalue weighted by molar-refractivity contribution is 0.627. The Morgan fingerprint density at radius 1 is 1.00 bits per heavy atom. The van der Waals surface area contributed by atoms with Gasteiger partial charge in [-0.2, -0.15) is 5.10 Å².